The molecule has 2 aliphatic rings. The molecule has 1 unspecified atom stereocenters. The highest BCUT2D eigenvalue weighted by Crippen LogP contribution is 2.22. The van der Waals surface area contributed by atoms with Crippen LogP contribution >= 0.6 is 0 Å². The van der Waals surface area contributed by atoms with Crippen molar-refractivity contribution in [1.82, 2.24) is 4.90 Å². The molecule has 0 aliphatic carbocycles. The number of piperidine rings is 1. The van der Waals surface area contributed by atoms with Crippen molar-refractivity contribution in [1.29, 1.82) is 0 Å². The number of carbonyl (C=O) groups excluding carboxylic acids is 1. The molecule has 3 rings (SSSR count). The number of benzene rings is 1. The molecule has 2 aliphatic heterocycles. The van der Waals surface area contributed by atoms with E-state index in [4.69, 9.17) is 9.73 Å². The van der Waals surface area contributed by atoms with Gasteiger partial charge in [-0.2, -0.15) is 0 Å². The van der Waals surface area contributed by atoms with Gasteiger partial charge in [0.2, 0.25) is 0 Å². The molecule has 4 heteroatoms. The van der Waals surface area contributed by atoms with E-state index in [9.17, 15) is 4.79 Å². The van der Waals surface area contributed by atoms with E-state index in [1.165, 1.54) is 10.8 Å². The van der Waals surface area contributed by atoms with Gasteiger partial charge in [-0.25, -0.2) is 4.79 Å². The van der Waals surface area contributed by atoms with Crippen molar-refractivity contribution < 1.29 is 9.53 Å². The number of amides is 1. The van der Waals surface area contributed by atoms with Gasteiger partial charge in [-0.3, -0.25) is 4.99 Å². The Bertz CT molecular complexity index is 658. The average Bonchev–Trinajstić information content (AvgIpc) is 2.74. The van der Waals surface area contributed by atoms with Crippen molar-refractivity contribution in [3.05, 3.63) is 34.8 Å². The highest BCUT2D eigenvalue weighted by Gasteiger charge is 2.31. The molecule has 1 fully saturated rings. The second-order valence-electron chi connectivity index (χ2n) is 6.38. The van der Waals surface area contributed by atoms with Gasteiger partial charge in [0.1, 0.15) is 5.60 Å². The SMILES string of the molecule is CC(C)(C)OC(=O)N1CCC2N=c3ccccc3=C2C1. The summed E-state index contributed by atoms with van der Waals surface area (Å²) in [5, 5.41) is 2.24. The first-order chi connectivity index (χ1) is 9.44. The predicted octanol–water partition coefficient (Wildman–Crippen LogP) is 1.48. The van der Waals surface area contributed by atoms with Gasteiger partial charge in [0.05, 0.1) is 11.4 Å². The number of carbonyl (C=O) groups is 1. The number of nitrogens with zero attached hydrogens (tertiary/aromatic N) is 2. The minimum atomic E-state index is -0.448. The Labute approximate surface area is 118 Å². The minimum absolute atomic E-state index is 0.229. The summed E-state index contributed by atoms with van der Waals surface area (Å²) in [6, 6.07) is 8.40. The first kappa shape index (κ1) is 13.2. The third kappa shape index (κ3) is 2.42. The lowest BCUT2D eigenvalue weighted by atomic mass is 9.99. The zero-order chi connectivity index (χ0) is 14.3. The lowest BCUT2D eigenvalue weighted by Gasteiger charge is -2.32. The summed E-state index contributed by atoms with van der Waals surface area (Å²) < 4.78 is 5.46. The maximum Gasteiger partial charge on any atom is 0.410 e. The number of likely N-dealkylation sites (tertiary alicyclic amines) is 1. The fraction of sp³-hybridized carbons (Fsp3) is 0.500. The normalized spacial score (nSPS) is 21.1. The van der Waals surface area contributed by atoms with Crippen molar-refractivity contribution in [3.8, 4) is 0 Å². The van der Waals surface area contributed by atoms with Crippen LogP contribution in [-0.4, -0.2) is 35.7 Å². The summed E-state index contributed by atoms with van der Waals surface area (Å²) in [5.74, 6) is 0. The van der Waals surface area contributed by atoms with E-state index < -0.39 is 5.60 Å². The predicted molar refractivity (Wildman–Crippen MR) is 76.8 cm³/mol. The molecule has 0 saturated carbocycles. The summed E-state index contributed by atoms with van der Waals surface area (Å²) >= 11 is 0. The van der Waals surface area contributed by atoms with Crippen LogP contribution in [0.25, 0.3) is 5.57 Å². The molecule has 106 valence electrons. The third-order valence-electron chi connectivity index (χ3n) is 3.63. The first-order valence-electron chi connectivity index (χ1n) is 7.08. The van der Waals surface area contributed by atoms with E-state index in [0.29, 0.717) is 13.1 Å². The van der Waals surface area contributed by atoms with Crippen LogP contribution in [0.5, 0.6) is 0 Å². The van der Waals surface area contributed by atoms with Crippen LogP contribution in [0.1, 0.15) is 27.2 Å². The highest BCUT2D eigenvalue weighted by atomic mass is 16.6. The van der Waals surface area contributed by atoms with E-state index in [-0.39, 0.29) is 12.1 Å². The quantitative estimate of drug-likeness (QED) is 0.718. The maximum absolute atomic E-state index is 12.2. The van der Waals surface area contributed by atoms with E-state index in [2.05, 4.69) is 6.07 Å². The van der Waals surface area contributed by atoms with Gasteiger partial charge in [-0.05, 0) is 38.8 Å². The smallest absolute Gasteiger partial charge is 0.410 e. The summed E-state index contributed by atoms with van der Waals surface area (Å²) in [6.07, 6.45) is 0.649. The van der Waals surface area contributed by atoms with Crippen LogP contribution in [0, 0.1) is 0 Å². The number of para-hydroxylation sites is 1. The molecule has 20 heavy (non-hydrogen) atoms. The summed E-state index contributed by atoms with van der Waals surface area (Å²) in [4.78, 5) is 18.7. The van der Waals surface area contributed by atoms with Crippen LogP contribution < -0.4 is 10.6 Å². The Hall–Kier alpha value is -1.84. The number of rotatable bonds is 0. The highest BCUT2D eigenvalue weighted by molar-refractivity contribution is 5.72. The number of ether oxygens (including phenoxy) is 1. The fourth-order valence-electron chi connectivity index (χ4n) is 2.76. The van der Waals surface area contributed by atoms with E-state index >= 15 is 0 Å². The lowest BCUT2D eigenvalue weighted by Crippen LogP contribution is -2.44. The van der Waals surface area contributed by atoms with Gasteiger partial charge in [0.15, 0.2) is 0 Å². The second kappa shape index (κ2) is 4.62. The molecule has 2 heterocycles. The van der Waals surface area contributed by atoms with Crippen LogP contribution in [-0.2, 0) is 4.74 Å². The largest absolute Gasteiger partial charge is 0.444 e. The first-order valence-corrected chi connectivity index (χ1v) is 7.08. The Morgan fingerprint density at radius 1 is 1.35 bits per heavy atom. The summed E-state index contributed by atoms with van der Waals surface area (Å²) in [7, 11) is 0. The molecule has 1 aromatic carbocycles. The van der Waals surface area contributed by atoms with Crippen LogP contribution in [0.2, 0.25) is 0 Å². The third-order valence-corrected chi connectivity index (χ3v) is 3.63. The van der Waals surface area contributed by atoms with Crippen LogP contribution in [0.15, 0.2) is 29.3 Å². The van der Waals surface area contributed by atoms with Crippen molar-refractivity contribution in [2.24, 2.45) is 4.99 Å². The number of fused-ring (bicyclic) bond motifs is 2. The van der Waals surface area contributed by atoms with Gasteiger partial charge in [0.25, 0.3) is 0 Å². The molecule has 0 radical (unpaired) electrons. The van der Waals surface area contributed by atoms with E-state index in [1.54, 1.807) is 4.90 Å². The van der Waals surface area contributed by atoms with Crippen molar-refractivity contribution in [2.75, 3.05) is 13.1 Å². The lowest BCUT2D eigenvalue weighted by molar-refractivity contribution is 0.0257. The van der Waals surface area contributed by atoms with Gasteiger partial charge >= 0.3 is 6.09 Å². The summed E-state index contributed by atoms with van der Waals surface area (Å²) in [5.41, 5.74) is 0.800. The van der Waals surface area contributed by atoms with E-state index in [1.807, 2.05) is 39.0 Å². The molecule has 0 bridgehead atoms. The minimum Gasteiger partial charge on any atom is -0.444 e. The molecule has 1 saturated heterocycles. The number of hydrogen-bond acceptors (Lipinski definition) is 3. The molecule has 0 aromatic heterocycles. The average molecular weight is 272 g/mol. The molecule has 1 aromatic rings. The molecule has 4 nitrogen and oxygen atoms in total. The van der Waals surface area contributed by atoms with Gasteiger partial charge in [-0.15, -0.1) is 0 Å². The van der Waals surface area contributed by atoms with E-state index in [0.717, 1.165) is 11.8 Å². The fourth-order valence-corrected chi connectivity index (χ4v) is 2.76. The molecular weight excluding hydrogens is 252 g/mol. The Balaban J connectivity index is 1.85. The molecule has 0 spiro atoms. The molecule has 1 atom stereocenters. The Morgan fingerprint density at radius 3 is 2.85 bits per heavy atom. The van der Waals surface area contributed by atoms with Crippen LogP contribution in [0.3, 0.4) is 0 Å². The van der Waals surface area contributed by atoms with Crippen LogP contribution in [0.4, 0.5) is 4.79 Å². The molecule has 0 N–H and O–H groups in total. The Kier molecular flexibility index (Phi) is 3.04. The summed E-state index contributed by atoms with van der Waals surface area (Å²) in [6.45, 7) is 7.02. The van der Waals surface area contributed by atoms with Crippen molar-refractivity contribution >= 4 is 11.7 Å². The van der Waals surface area contributed by atoms with Crippen molar-refractivity contribution in [2.45, 2.75) is 38.8 Å². The Morgan fingerprint density at radius 2 is 2.10 bits per heavy atom. The molecule has 1 amide bonds. The topological polar surface area (TPSA) is 41.9 Å². The maximum atomic E-state index is 12.2. The zero-order valence-corrected chi connectivity index (χ0v) is 12.2. The molecular formula is C16H20N2O2. The second-order valence-corrected chi connectivity index (χ2v) is 6.38. The van der Waals surface area contributed by atoms with Gasteiger partial charge < -0.3 is 9.64 Å². The zero-order valence-electron chi connectivity index (χ0n) is 12.2. The van der Waals surface area contributed by atoms with Gasteiger partial charge in [-0.1, -0.05) is 18.2 Å². The standard InChI is InChI=1S/C16H20N2O2/c1-16(2,3)20-15(19)18-9-8-14-12(10-18)11-6-4-5-7-13(11)17-14/h4-7,14H,8-10H2,1-3H3. The monoisotopic (exact) mass is 272 g/mol. The number of hydrogen-bond donors (Lipinski definition) is 0. The van der Waals surface area contributed by atoms with Gasteiger partial charge in [0, 0.05) is 18.3 Å². The van der Waals surface area contributed by atoms with Crippen molar-refractivity contribution in [3.63, 3.8) is 0 Å².